The molecule has 0 amide bonds. The van der Waals surface area contributed by atoms with Crippen molar-refractivity contribution in [3.63, 3.8) is 0 Å². The van der Waals surface area contributed by atoms with Crippen LogP contribution in [0.2, 0.25) is 5.02 Å². The number of ether oxygens (including phenoxy) is 1. The van der Waals surface area contributed by atoms with Gasteiger partial charge in [-0.2, -0.15) is 0 Å². The monoisotopic (exact) mass is 367 g/mol. The number of aryl methyl sites for hydroxylation is 1. The van der Waals surface area contributed by atoms with Gasteiger partial charge in [0.05, 0.1) is 28.8 Å². The average molecular weight is 368 g/mol. The second kappa shape index (κ2) is 6.27. The van der Waals surface area contributed by atoms with Crippen molar-refractivity contribution in [1.29, 1.82) is 0 Å². The van der Waals surface area contributed by atoms with Crippen molar-refractivity contribution in [2.24, 2.45) is 0 Å². The fraction of sp³-hybridized carbons (Fsp3) is 0.294. The van der Waals surface area contributed by atoms with Gasteiger partial charge in [-0.3, -0.25) is 4.31 Å². The molecule has 2 aromatic rings. The van der Waals surface area contributed by atoms with E-state index in [0.29, 0.717) is 23.4 Å². The molecular formula is C17H18ClNO4S. The van der Waals surface area contributed by atoms with E-state index in [1.165, 1.54) is 29.6 Å². The van der Waals surface area contributed by atoms with Gasteiger partial charge in [-0.1, -0.05) is 29.3 Å². The van der Waals surface area contributed by atoms with Gasteiger partial charge in [0, 0.05) is 12.1 Å². The fourth-order valence-electron chi connectivity index (χ4n) is 2.87. The molecule has 0 saturated carbocycles. The molecule has 5 nitrogen and oxygen atoms in total. The molecule has 7 heteroatoms. The van der Waals surface area contributed by atoms with Gasteiger partial charge in [-0.15, -0.1) is 0 Å². The Kier molecular flexibility index (Phi) is 4.46. The van der Waals surface area contributed by atoms with Crippen molar-refractivity contribution in [2.75, 3.05) is 18.0 Å². The molecular weight excluding hydrogens is 350 g/mol. The lowest BCUT2D eigenvalue weighted by molar-refractivity contribution is 0.166. The highest BCUT2D eigenvalue weighted by molar-refractivity contribution is 7.92. The topological polar surface area (TPSA) is 66.8 Å². The van der Waals surface area contributed by atoms with Crippen molar-refractivity contribution in [2.45, 2.75) is 24.3 Å². The van der Waals surface area contributed by atoms with Gasteiger partial charge in [0.1, 0.15) is 5.75 Å². The molecule has 0 radical (unpaired) electrons. The molecule has 3 rings (SSSR count). The van der Waals surface area contributed by atoms with Crippen LogP contribution in [0, 0.1) is 6.92 Å². The summed E-state index contributed by atoms with van der Waals surface area (Å²) in [6.45, 7) is 2.12. The first-order valence-corrected chi connectivity index (χ1v) is 9.31. The van der Waals surface area contributed by atoms with Crippen LogP contribution in [0.15, 0.2) is 41.3 Å². The van der Waals surface area contributed by atoms with Gasteiger partial charge in [0.15, 0.2) is 0 Å². The van der Waals surface area contributed by atoms with Gasteiger partial charge in [0.25, 0.3) is 10.0 Å². The fourth-order valence-corrected chi connectivity index (χ4v) is 4.72. The van der Waals surface area contributed by atoms with Crippen molar-refractivity contribution in [1.82, 2.24) is 0 Å². The zero-order valence-electron chi connectivity index (χ0n) is 13.4. The third-order valence-corrected chi connectivity index (χ3v) is 6.23. The highest BCUT2D eigenvalue weighted by Gasteiger charge is 2.32. The van der Waals surface area contributed by atoms with E-state index in [4.69, 9.17) is 16.3 Å². The van der Waals surface area contributed by atoms with Crippen LogP contribution in [0.4, 0.5) is 5.69 Å². The average Bonchev–Trinajstić information content (AvgIpc) is 2.55. The van der Waals surface area contributed by atoms with Gasteiger partial charge in [0.2, 0.25) is 0 Å². The summed E-state index contributed by atoms with van der Waals surface area (Å²) < 4.78 is 32.5. The summed E-state index contributed by atoms with van der Waals surface area (Å²) in [5.74, 6) is 0.417. The van der Waals surface area contributed by atoms with E-state index in [2.05, 4.69) is 0 Å². The molecule has 0 spiro atoms. The molecule has 2 aromatic carbocycles. The van der Waals surface area contributed by atoms with Gasteiger partial charge < -0.3 is 9.84 Å². The van der Waals surface area contributed by atoms with E-state index in [9.17, 15) is 13.5 Å². The summed E-state index contributed by atoms with van der Waals surface area (Å²) in [5, 5.41) is 10.4. The van der Waals surface area contributed by atoms with Crippen LogP contribution in [0.25, 0.3) is 0 Å². The Morgan fingerprint density at radius 1 is 1.25 bits per heavy atom. The Hall–Kier alpha value is -1.76. The van der Waals surface area contributed by atoms with E-state index in [0.717, 1.165) is 5.56 Å². The smallest absolute Gasteiger partial charge is 0.264 e. The minimum absolute atomic E-state index is 0.0937. The van der Waals surface area contributed by atoms with Crippen LogP contribution in [0.1, 0.15) is 23.7 Å². The van der Waals surface area contributed by atoms with E-state index in [-0.39, 0.29) is 16.5 Å². The van der Waals surface area contributed by atoms with Crippen molar-refractivity contribution in [3.8, 4) is 5.75 Å². The molecule has 0 bridgehead atoms. The van der Waals surface area contributed by atoms with Crippen molar-refractivity contribution in [3.05, 3.63) is 52.5 Å². The lowest BCUT2D eigenvalue weighted by Crippen LogP contribution is -2.36. The number of fused-ring (bicyclic) bond motifs is 1. The van der Waals surface area contributed by atoms with E-state index in [1.54, 1.807) is 6.07 Å². The second-order valence-electron chi connectivity index (χ2n) is 5.74. The number of methoxy groups -OCH3 is 1. The Morgan fingerprint density at radius 2 is 2.00 bits per heavy atom. The molecule has 1 N–H and O–H groups in total. The first-order valence-electron chi connectivity index (χ1n) is 7.49. The largest absolute Gasteiger partial charge is 0.495 e. The first-order chi connectivity index (χ1) is 11.3. The van der Waals surface area contributed by atoms with Crippen LogP contribution < -0.4 is 9.04 Å². The van der Waals surface area contributed by atoms with E-state index < -0.39 is 16.1 Å². The summed E-state index contributed by atoms with van der Waals surface area (Å²) >= 11 is 6.07. The number of benzene rings is 2. The summed E-state index contributed by atoms with van der Waals surface area (Å²) in [4.78, 5) is 0.0937. The Labute approximate surface area is 146 Å². The number of halogens is 1. The van der Waals surface area contributed by atoms with Crippen molar-refractivity contribution < 1.29 is 18.3 Å². The van der Waals surface area contributed by atoms with Crippen LogP contribution in [0.5, 0.6) is 5.75 Å². The number of hydrogen-bond acceptors (Lipinski definition) is 4. The predicted molar refractivity (Wildman–Crippen MR) is 93.3 cm³/mol. The summed E-state index contributed by atoms with van der Waals surface area (Å²) in [6.07, 6.45) is -0.314. The maximum atomic E-state index is 13.0. The number of aliphatic hydroxyl groups is 1. The third kappa shape index (κ3) is 2.85. The molecule has 0 saturated heterocycles. The summed E-state index contributed by atoms with van der Waals surface area (Å²) in [7, 11) is -2.30. The number of rotatable bonds is 3. The second-order valence-corrected chi connectivity index (χ2v) is 8.01. The Morgan fingerprint density at radius 3 is 2.67 bits per heavy atom. The molecule has 0 fully saturated rings. The molecule has 1 aliphatic heterocycles. The van der Waals surface area contributed by atoms with E-state index >= 15 is 0 Å². The van der Waals surface area contributed by atoms with Gasteiger partial charge in [-0.25, -0.2) is 8.42 Å². The lowest BCUT2D eigenvalue weighted by atomic mass is 9.99. The number of hydrogen-bond donors (Lipinski definition) is 1. The maximum absolute atomic E-state index is 13.0. The van der Waals surface area contributed by atoms with Crippen molar-refractivity contribution >= 4 is 27.3 Å². The zero-order valence-corrected chi connectivity index (χ0v) is 14.9. The molecule has 128 valence electrons. The molecule has 0 aliphatic carbocycles. The molecule has 1 atom stereocenters. The molecule has 1 aliphatic rings. The van der Waals surface area contributed by atoms with Crippen LogP contribution in [0.3, 0.4) is 0 Å². The molecule has 1 heterocycles. The Bertz CT molecular complexity index is 882. The van der Waals surface area contributed by atoms with Gasteiger partial charge in [-0.05, 0) is 37.6 Å². The minimum atomic E-state index is -3.78. The van der Waals surface area contributed by atoms with Crippen LogP contribution in [-0.4, -0.2) is 27.2 Å². The summed E-state index contributed by atoms with van der Waals surface area (Å²) in [6, 6.07) is 9.77. The third-order valence-electron chi connectivity index (χ3n) is 4.13. The number of nitrogens with zero attached hydrogens (tertiary/aromatic N) is 1. The minimum Gasteiger partial charge on any atom is -0.495 e. The number of aliphatic hydroxyl groups excluding tert-OH is 1. The molecule has 1 unspecified atom stereocenters. The Balaban J connectivity index is 2.08. The number of anilines is 1. The molecule has 0 aromatic heterocycles. The predicted octanol–water partition coefficient (Wildman–Crippen LogP) is 3.29. The van der Waals surface area contributed by atoms with Crippen LogP contribution >= 0.6 is 11.6 Å². The highest BCUT2D eigenvalue weighted by Crippen LogP contribution is 2.38. The molecule has 24 heavy (non-hydrogen) atoms. The lowest BCUT2D eigenvalue weighted by Gasteiger charge is -2.33. The first kappa shape index (κ1) is 17.1. The standard InChI is InChI=1S/C17H18ClNO4S/c1-11-3-5-15-13(9-11)16(20)7-8-19(15)24(21,22)12-4-6-17(23-2)14(18)10-12/h3-6,9-10,16,20H,7-8H2,1-2H3. The van der Waals surface area contributed by atoms with E-state index in [1.807, 2.05) is 19.1 Å². The normalized spacial score (nSPS) is 17.5. The SMILES string of the molecule is COc1ccc(S(=O)(=O)N2CCC(O)c3cc(C)ccc32)cc1Cl. The zero-order chi connectivity index (χ0) is 17.5. The quantitative estimate of drug-likeness (QED) is 0.903. The van der Waals surface area contributed by atoms with Crippen LogP contribution in [-0.2, 0) is 10.0 Å². The van der Waals surface area contributed by atoms with Gasteiger partial charge >= 0.3 is 0 Å². The number of sulfonamides is 1. The summed E-state index contributed by atoms with van der Waals surface area (Å²) in [5.41, 5.74) is 2.11. The highest BCUT2D eigenvalue weighted by atomic mass is 35.5. The maximum Gasteiger partial charge on any atom is 0.264 e.